The smallest absolute Gasteiger partial charge is 0.166 e. The molecule has 3 heteroatoms. The van der Waals surface area contributed by atoms with Crippen LogP contribution in [-0.2, 0) is 6.67 Å². The lowest BCUT2D eigenvalue weighted by molar-refractivity contribution is 0.485. The second kappa shape index (κ2) is 5.54. The Morgan fingerprint density at radius 2 is 1.22 bits per heavy atom. The van der Waals surface area contributed by atoms with Gasteiger partial charge in [-0.2, -0.15) is 0 Å². The van der Waals surface area contributed by atoms with Crippen LogP contribution >= 0.6 is 0 Å². The summed E-state index contributed by atoms with van der Waals surface area (Å²) in [6.45, 7) is -0.618. The molecular formula is C15H11F3. The largest absolute Gasteiger partial charge is 0.246 e. The first-order valence-corrected chi connectivity index (χ1v) is 5.48. The van der Waals surface area contributed by atoms with Crippen molar-refractivity contribution in [2.24, 2.45) is 0 Å². The van der Waals surface area contributed by atoms with Crippen LogP contribution in [0.5, 0.6) is 0 Å². The maximum atomic E-state index is 13.9. The van der Waals surface area contributed by atoms with E-state index in [0.717, 1.165) is 0 Å². The third-order valence-corrected chi connectivity index (χ3v) is 2.58. The Balaban J connectivity index is 2.37. The Bertz CT molecular complexity index is 542. The fourth-order valence-electron chi connectivity index (χ4n) is 1.58. The van der Waals surface area contributed by atoms with Gasteiger partial charge in [-0.3, -0.25) is 0 Å². The van der Waals surface area contributed by atoms with E-state index in [4.69, 9.17) is 0 Å². The molecule has 2 aromatic carbocycles. The normalized spacial score (nSPS) is 12.2. The minimum atomic E-state index is -0.938. The summed E-state index contributed by atoms with van der Waals surface area (Å²) in [5, 5.41) is 0. The standard InChI is InChI=1S/C15H11F3/c16-10-11-6-8-13(9-7-11)15(18)14(17)12-4-2-1-3-5-12/h1-9H,10H2/b15-14+. The molecule has 0 aliphatic heterocycles. The summed E-state index contributed by atoms with van der Waals surface area (Å²) in [7, 11) is 0. The molecule has 92 valence electrons. The monoisotopic (exact) mass is 248 g/mol. The lowest BCUT2D eigenvalue weighted by Gasteiger charge is -2.02. The van der Waals surface area contributed by atoms with E-state index in [-0.39, 0.29) is 11.1 Å². The van der Waals surface area contributed by atoms with E-state index >= 15 is 0 Å². The van der Waals surface area contributed by atoms with Crippen molar-refractivity contribution < 1.29 is 13.2 Å². The Labute approximate surface area is 103 Å². The van der Waals surface area contributed by atoms with Crippen LogP contribution < -0.4 is 0 Å². The number of rotatable bonds is 3. The van der Waals surface area contributed by atoms with Gasteiger partial charge >= 0.3 is 0 Å². The number of hydrogen-bond acceptors (Lipinski definition) is 0. The molecular weight excluding hydrogens is 237 g/mol. The van der Waals surface area contributed by atoms with Gasteiger partial charge in [0.15, 0.2) is 11.7 Å². The van der Waals surface area contributed by atoms with Gasteiger partial charge in [-0.1, -0.05) is 54.6 Å². The molecule has 0 N–H and O–H groups in total. The molecule has 0 aliphatic rings. The summed E-state index contributed by atoms with van der Waals surface area (Å²) in [5.41, 5.74) is 0.727. The zero-order chi connectivity index (χ0) is 13.0. The molecule has 0 bridgehead atoms. The first kappa shape index (κ1) is 12.4. The van der Waals surface area contributed by atoms with Crippen molar-refractivity contribution in [2.45, 2.75) is 6.67 Å². The zero-order valence-electron chi connectivity index (χ0n) is 9.54. The zero-order valence-corrected chi connectivity index (χ0v) is 9.54. The van der Waals surface area contributed by atoms with Crippen molar-refractivity contribution in [1.82, 2.24) is 0 Å². The summed E-state index contributed by atoms with van der Waals surface area (Å²) in [4.78, 5) is 0. The Hall–Kier alpha value is -2.03. The number of hydrogen-bond donors (Lipinski definition) is 0. The average Bonchev–Trinajstić information content (AvgIpc) is 2.47. The molecule has 0 nitrogen and oxygen atoms in total. The van der Waals surface area contributed by atoms with Crippen LogP contribution in [0.2, 0.25) is 0 Å². The molecule has 2 aromatic rings. The van der Waals surface area contributed by atoms with Crippen LogP contribution in [0.15, 0.2) is 54.6 Å². The van der Waals surface area contributed by atoms with Crippen LogP contribution in [0.3, 0.4) is 0 Å². The molecule has 0 saturated heterocycles. The van der Waals surface area contributed by atoms with Crippen molar-refractivity contribution in [3.8, 4) is 0 Å². The van der Waals surface area contributed by atoms with Crippen LogP contribution in [-0.4, -0.2) is 0 Å². The van der Waals surface area contributed by atoms with Gasteiger partial charge in [-0.05, 0) is 5.56 Å². The van der Waals surface area contributed by atoms with Crippen molar-refractivity contribution in [3.63, 3.8) is 0 Å². The highest BCUT2D eigenvalue weighted by atomic mass is 19.2. The molecule has 0 radical (unpaired) electrons. The van der Waals surface area contributed by atoms with Gasteiger partial charge in [0, 0.05) is 11.1 Å². The molecule has 0 saturated carbocycles. The van der Waals surface area contributed by atoms with Gasteiger partial charge in [-0.25, -0.2) is 13.2 Å². The molecule has 18 heavy (non-hydrogen) atoms. The first-order valence-electron chi connectivity index (χ1n) is 5.48. The molecule has 0 aromatic heterocycles. The Morgan fingerprint density at radius 3 is 1.72 bits per heavy atom. The highest BCUT2D eigenvalue weighted by Crippen LogP contribution is 2.28. The van der Waals surface area contributed by atoms with Gasteiger partial charge in [0.1, 0.15) is 6.67 Å². The van der Waals surface area contributed by atoms with Crippen LogP contribution in [0.1, 0.15) is 16.7 Å². The Kier molecular flexibility index (Phi) is 3.82. The quantitative estimate of drug-likeness (QED) is 0.676. The summed E-state index contributed by atoms with van der Waals surface area (Å²) in [6, 6.07) is 13.6. The van der Waals surface area contributed by atoms with Crippen LogP contribution in [0.25, 0.3) is 11.7 Å². The summed E-state index contributed by atoms with van der Waals surface area (Å²) in [6.07, 6.45) is 0. The van der Waals surface area contributed by atoms with E-state index in [9.17, 15) is 13.2 Å². The number of alkyl halides is 1. The van der Waals surface area contributed by atoms with E-state index in [1.807, 2.05) is 0 Å². The third kappa shape index (κ3) is 2.62. The number of halogens is 3. The van der Waals surface area contributed by atoms with E-state index < -0.39 is 18.3 Å². The SMILES string of the molecule is FCc1ccc(/C(F)=C(\F)c2ccccc2)cc1. The van der Waals surface area contributed by atoms with Gasteiger partial charge in [0.25, 0.3) is 0 Å². The van der Waals surface area contributed by atoms with Gasteiger partial charge < -0.3 is 0 Å². The van der Waals surface area contributed by atoms with E-state index in [2.05, 4.69) is 0 Å². The molecule has 0 spiro atoms. The lowest BCUT2D eigenvalue weighted by atomic mass is 10.1. The van der Waals surface area contributed by atoms with Gasteiger partial charge in [0.2, 0.25) is 0 Å². The molecule has 0 amide bonds. The van der Waals surface area contributed by atoms with Crippen molar-refractivity contribution in [1.29, 1.82) is 0 Å². The van der Waals surface area contributed by atoms with Crippen molar-refractivity contribution in [2.75, 3.05) is 0 Å². The molecule has 0 fully saturated rings. The van der Waals surface area contributed by atoms with E-state index in [0.29, 0.717) is 5.56 Å². The van der Waals surface area contributed by atoms with Crippen molar-refractivity contribution in [3.05, 3.63) is 71.3 Å². The molecule has 2 rings (SSSR count). The van der Waals surface area contributed by atoms with Crippen molar-refractivity contribution >= 4 is 11.7 Å². The fraction of sp³-hybridized carbons (Fsp3) is 0.0667. The first-order chi connectivity index (χ1) is 8.72. The van der Waals surface area contributed by atoms with Gasteiger partial charge in [-0.15, -0.1) is 0 Å². The molecule has 0 aliphatic carbocycles. The minimum Gasteiger partial charge on any atom is -0.246 e. The maximum absolute atomic E-state index is 13.9. The topological polar surface area (TPSA) is 0 Å². The summed E-state index contributed by atoms with van der Waals surface area (Å²) < 4.78 is 40.0. The third-order valence-electron chi connectivity index (χ3n) is 2.58. The predicted octanol–water partition coefficient (Wildman–Crippen LogP) is 4.92. The summed E-state index contributed by atoms with van der Waals surface area (Å²) in [5.74, 6) is -1.85. The molecule has 0 unspecified atom stereocenters. The van der Waals surface area contributed by atoms with E-state index in [1.165, 1.54) is 36.4 Å². The number of benzene rings is 2. The van der Waals surface area contributed by atoms with Crippen LogP contribution in [0.4, 0.5) is 13.2 Å². The summed E-state index contributed by atoms with van der Waals surface area (Å²) >= 11 is 0. The highest BCUT2D eigenvalue weighted by Gasteiger charge is 2.10. The predicted molar refractivity (Wildman–Crippen MR) is 66.7 cm³/mol. The second-order valence-electron chi connectivity index (χ2n) is 3.82. The van der Waals surface area contributed by atoms with Gasteiger partial charge in [0.05, 0.1) is 0 Å². The second-order valence-corrected chi connectivity index (χ2v) is 3.82. The molecule has 0 atom stereocenters. The fourth-order valence-corrected chi connectivity index (χ4v) is 1.58. The molecule has 0 heterocycles. The van der Waals surface area contributed by atoms with E-state index in [1.54, 1.807) is 18.2 Å². The van der Waals surface area contributed by atoms with Crippen LogP contribution in [0, 0.1) is 0 Å². The minimum absolute atomic E-state index is 0.105. The lowest BCUT2D eigenvalue weighted by Crippen LogP contribution is -1.85. The maximum Gasteiger partial charge on any atom is 0.166 e. The Morgan fingerprint density at radius 1 is 0.722 bits per heavy atom. The average molecular weight is 248 g/mol. The highest BCUT2D eigenvalue weighted by molar-refractivity contribution is 5.83.